The normalized spacial score (nSPS) is 34.5. The van der Waals surface area contributed by atoms with Crippen LogP contribution in [0, 0.1) is 11.8 Å². The highest BCUT2D eigenvalue weighted by Crippen LogP contribution is 2.35. The van der Waals surface area contributed by atoms with Gasteiger partial charge in [-0.25, -0.2) is 0 Å². The summed E-state index contributed by atoms with van der Waals surface area (Å²) in [6.45, 7) is 6.73. The van der Waals surface area contributed by atoms with Crippen molar-refractivity contribution < 1.29 is 30.0 Å². The van der Waals surface area contributed by atoms with Crippen LogP contribution in [-0.4, -0.2) is 56.2 Å². The van der Waals surface area contributed by atoms with Gasteiger partial charge in [-0.1, -0.05) is 20.3 Å². The maximum absolute atomic E-state index is 12.0. The molecule has 0 bridgehead atoms. The van der Waals surface area contributed by atoms with Gasteiger partial charge in [-0.15, -0.1) is 0 Å². The predicted octanol–water partition coefficient (Wildman–Crippen LogP) is 0.852. The fourth-order valence-electron chi connectivity index (χ4n) is 3.10. The molecule has 4 N–H and O–H groups in total. The van der Waals surface area contributed by atoms with Crippen molar-refractivity contribution in [2.24, 2.45) is 11.8 Å². The average molecular weight is 352 g/mol. The highest BCUT2D eigenvalue weighted by atomic mass is 16.5. The lowest BCUT2D eigenvalue weighted by atomic mass is 9.75. The molecular formula is C19H28O6. The SMILES string of the molecule is CC[C@@H](C)[C@H](O)[C@](C)(O)/C=C/C1=CC2=CC(=O)[C@@](C)(O)[C@H](O)[C@@H]2CO1. The van der Waals surface area contributed by atoms with Crippen molar-refractivity contribution >= 4 is 5.78 Å². The summed E-state index contributed by atoms with van der Waals surface area (Å²) < 4.78 is 5.57. The second-order valence-corrected chi connectivity index (χ2v) is 7.45. The van der Waals surface area contributed by atoms with Crippen LogP contribution >= 0.6 is 0 Å². The number of carbonyl (C=O) groups excluding carboxylic acids is 1. The lowest BCUT2D eigenvalue weighted by Crippen LogP contribution is -2.54. The fourth-order valence-corrected chi connectivity index (χ4v) is 3.10. The zero-order valence-corrected chi connectivity index (χ0v) is 15.1. The Hall–Kier alpha value is -1.47. The first-order valence-electron chi connectivity index (χ1n) is 8.61. The number of ketones is 1. The second kappa shape index (κ2) is 7.03. The molecule has 0 aromatic heterocycles. The van der Waals surface area contributed by atoms with E-state index in [9.17, 15) is 25.2 Å². The molecule has 6 atom stereocenters. The number of hydrogen-bond acceptors (Lipinski definition) is 6. The number of allylic oxidation sites excluding steroid dienone is 2. The third kappa shape index (κ3) is 3.87. The standard InChI is InChI=1S/C19H28O6/c1-5-11(2)16(21)18(3,23)7-6-13-8-12-9-15(20)19(4,24)17(22)14(12)10-25-13/h6-9,11,14,16-17,21-24H,5,10H2,1-4H3/b7-6+/t11-,14-,16+,17-,18-,19-/m1/s1. The Labute approximate surface area is 148 Å². The minimum absolute atomic E-state index is 0.0682. The van der Waals surface area contributed by atoms with Crippen LogP contribution in [0.5, 0.6) is 0 Å². The molecule has 1 aliphatic carbocycles. The van der Waals surface area contributed by atoms with E-state index in [0.717, 1.165) is 6.42 Å². The van der Waals surface area contributed by atoms with E-state index < -0.39 is 35.1 Å². The van der Waals surface area contributed by atoms with Gasteiger partial charge in [0.05, 0.1) is 18.8 Å². The summed E-state index contributed by atoms with van der Waals surface area (Å²) in [5.74, 6) is -0.690. The number of ether oxygens (including phenoxy) is 1. The number of rotatable bonds is 5. The van der Waals surface area contributed by atoms with Crippen LogP contribution < -0.4 is 0 Å². The highest BCUT2D eigenvalue weighted by molar-refractivity contribution is 5.99. The topological polar surface area (TPSA) is 107 Å². The van der Waals surface area contributed by atoms with Crippen molar-refractivity contribution in [2.75, 3.05) is 6.61 Å². The molecular weight excluding hydrogens is 324 g/mol. The Kier molecular flexibility index (Phi) is 5.59. The largest absolute Gasteiger partial charge is 0.493 e. The fraction of sp³-hybridized carbons (Fsp3) is 0.632. The molecule has 0 aromatic rings. The van der Waals surface area contributed by atoms with Gasteiger partial charge in [-0.05, 0) is 49.6 Å². The smallest absolute Gasteiger partial charge is 0.189 e. The first kappa shape index (κ1) is 19.8. The number of carbonyl (C=O) groups is 1. The van der Waals surface area contributed by atoms with E-state index in [4.69, 9.17) is 4.74 Å². The molecule has 1 aliphatic heterocycles. The summed E-state index contributed by atoms with van der Waals surface area (Å²) in [6, 6.07) is 0. The molecule has 0 saturated heterocycles. The molecule has 1 heterocycles. The third-order valence-corrected chi connectivity index (χ3v) is 5.29. The minimum Gasteiger partial charge on any atom is -0.493 e. The Morgan fingerprint density at radius 3 is 2.72 bits per heavy atom. The molecule has 0 amide bonds. The molecule has 0 saturated carbocycles. The molecule has 6 nitrogen and oxygen atoms in total. The average Bonchev–Trinajstić information content (AvgIpc) is 2.57. The van der Waals surface area contributed by atoms with Gasteiger partial charge in [0, 0.05) is 5.92 Å². The summed E-state index contributed by atoms with van der Waals surface area (Å²) >= 11 is 0. The summed E-state index contributed by atoms with van der Waals surface area (Å²) in [4.78, 5) is 12.0. The van der Waals surface area contributed by atoms with Crippen LogP contribution in [0.25, 0.3) is 0 Å². The predicted molar refractivity (Wildman–Crippen MR) is 92.5 cm³/mol. The van der Waals surface area contributed by atoms with Crippen molar-refractivity contribution in [1.29, 1.82) is 0 Å². The zero-order chi connectivity index (χ0) is 19.0. The van der Waals surface area contributed by atoms with Gasteiger partial charge in [-0.2, -0.15) is 0 Å². The highest BCUT2D eigenvalue weighted by Gasteiger charge is 2.47. The van der Waals surface area contributed by atoms with Gasteiger partial charge >= 0.3 is 0 Å². The molecule has 140 valence electrons. The van der Waals surface area contributed by atoms with E-state index in [1.165, 1.54) is 26.0 Å². The van der Waals surface area contributed by atoms with Crippen LogP contribution in [0.2, 0.25) is 0 Å². The number of fused-ring (bicyclic) bond motifs is 1. The van der Waals surface area contributed by atoms with Crippen molar-refractivity contribution in [3.8, 4) is 0 Å². The molecule has 0 spiro atoms. The van der Waals surface area contributed by atoms with E-state index in [1.807, 2.05) is 13.8 Å². The summed E-state index contributed by atoms with van der Waals surface area (Å²) in [7, 11) is 0. The van der Waals surface area contributed by atoms with Gasteiger partial charge in [0.25, 0.3) is 0 Å². The van der Waals surface area contributed by atoms with E-state index in [2.05, 4.69) is 0 Å². The number of hydrogen-bond donors (Lipinski definition) is 4. The number of aliphatic hydroxyl groups excluding tert-OH is 2. The van der Waals surface area contributed by atoms with Crippen LogP contribution in [0.15, 0.2) is 35.6 Å². The van der Waals surface area contributed by atoms with Gasteiger partial charge in [0.15, 0.2) is 11.4 Å². The maximum atomic E-state index is 12.0. The van der Waals surface area contributed by atoms with E-state index >= 15 is 0 Å². The lowest BCUT2D eigenvalue weighted by molar-refractivity contribution is -0.150. The number of aliphatic hydroxyl groups is 4. The first-order chi connectivity index (χ1) is 11.5. The lowest BCUT2D eigenvalue weighted by Gasteiger charge is -2.39. The van der Waals surface area contributed by atoms with E-state index in [0.29, 0.717) is 11.3 Å². The van der Waals surface area contributed by atoms with Gasteiger partial charge in [0.2, 0.25) is 0 Å². The molecule has 2 aliphatic rings. The van der Waals surface area contributed by atoms with Gasteiger partial charge in [-0.3, -0.25) is 4.79 Å². The molecule has 2 rings (SSSR count). The van der Waals surface area contributed by atoms with Gasteiger partial charge < -0.3 is 25.2 Å². The van der Waals surface area contributed by atoms with E-state index in [1.54, 1.807) is 12.2 Å². The maximum Gasteiger partial charge on any atom is 0.189 e. The summed E-state index contributed by atoms with van der Waals surface area (Å²) in [6.07, 6.45) is 4.51. The zero-order valence-electron chi connectivity index (χ0n) is 15.1. The molecule has 6 heteroatoms. The van der Waals surface area contributed by atoms with Crippen molar-refractivity contribution in [3.63, 3.8) is 0 Å². The minimum atomic E-state index is -1.82. The summed E-state index contributed by atoms with van der Waals surface area (Å²) in [5.41, 5.74) is -2.66. The van der Waals surface area contributed by atoms with Crippen LogP contribution in [-0.2, 0) is 9.53 Å². The molecule has 0 radical (unpaired) electrons. The van der Waals surface area contributed by atoms with Crippen molar-refractivity contribution in [1.82, 2.24) is 0 Å². The Morgan fingerprint density at radius 1 is 1.48 bits per heavy atom. The monoisotopic (exact) mass is 352 g/mol. The molecule has 0 unspecified atom stereocenters. The van der Waals surface area contributed by atoms with Crippen LogP contribution in [0.4, 0.5) is 0 Å². The molecule has 0 aromatic carbocycles. The van der Waals surface area contributed by atoms with Crippen LogP contribution in [0.3, 0.4) is 0 Å². The molecule has 25 heavy (non-hydrogen) atoms. The Balaban J connectivity index is 2.21. The van der Waals surface area contributed by atoms with E-state index in [-0.39, 0.29) is 12.5 Å². The second-order valence-electron chi connectivity index (χ2n) is 7.45. The Bertz CT molecular complexity index is 613. The third-order valence-electron chi connectivity index (χ3n) is 5.29. The first-order valence-corrected chi connectivity index (χ1v) is 8.61. The quantitative estimate of drug-likeness (QED) is 0.584. The molecule has 0 fully saturated rings. The van der Waals surface area contributed by atoms with Crippen molar-refractivity contribution in [2.45, 2.75) is 57.5 Å². The summed E-state index contributed by atoms with van der Waals surface area (Å²) in [5, 5.41) is 40.9. The Morgan fingerprint density at radius 2 is 2.12 bits per heavy atom. The van der Waals surface area contributed by atoms with Crippen LogP contribution in [0.1, 0.15) is 34.1 Å². The van der Waals surface area contributed by atoms with Gasteiger partial charge in [0.1, 0.15) is 11.4 Å². The van der Waals surface area contributed by atoms with Crippen molar-refractivity contribution in [3.05, 3.63) is 35.6 Å².